The molecule has 14 heavy (non-hydrogen) atoms. The largest absolute Gasteiger partial charge is 0.357 e. The molecule has 0 spiro atoms. The van der Waals surface area contributed by atoms with Crippen molar-refractivity contribution in [1.82, 2.24) is 4.98 Å². The summed E-state index contributed by atoms with van der Waals surface area (Å²) in [6, 6.07) is 8.50. The molecule has 0 radical (unpaired) electrons. The zero-order chi connectivity index (χ0) is 9.38. The SMILES string of the molecule is C1#CCc2[nH]c3ccccc3c2CC1. The highest BCUT2D eigenvalue weighted by Gasteiger charge is 2.10. The minimum atomic E-state index is 0.879. The molecule has 1 heteroatoms. The van der Waals surface area contributed by atoms with Crippen LogP contribution in [0, 0.1) is 11.8 Å². The Morgan fingerprint density at radius 1 is 1.14 bits per heavy atom. The Kier molecular flexibility index (Phi) is 1.61. The fourth-order valence-corrected chi connectivity index (χ4v) is 2.12. The molecule has 1 aliphatic carbocycles. The molecular weight excluding hydrogens is 170 g/mol. The predicted molar refractivity (Wildman–Crippen MR) is 58.1 cm³/mol. The molecule has 1 aromatic heterocycles. The lowest BCUT2D eigenvalue weighted by atomic mass is 10.1. The zero-order valence-corrected chi connectivity index (χ0v) is 7.93. The van der Waals surface area contributed by atoms with Crippen LogP contribution >= 0.6 is 0 Å². The van der Waals surface area contributed by atoms with Gasteiger partial charge in [-0.2, -0.15) is 0 Å². The molecule has 1 aromatic carbocycles. The van der Waals surface area contributed by atoms with Crippen molar-refractivity contribution in [3.05, 3.63) is 35.5 Å². The summed E-state index contributed by atoms with van der Waals surface area (Å²) in [6.07, 6.45) is 2.96. The van der Waals surface area contributed by atoms with Crippen LogP contribution < -0.4 is 0 Å². The highest BCUT2D eigenvalue weighted by Crippen LogP contribution is 2.24. The van der Waals surface area contributed by atoms with E-state index >= 15 is 0 Å². The summed E-state index contributed by atoms with van der Waals surface area (Å²) in [5.74, 6) is 6.36. The molecule has 2 aromatic rings. The van der Waals surface area contributed by atoms with Crippen LogP contribution in [-0.4, -0.2) is 4.98 Å². The number of para-hydroxylation sites is 1. The molecule has 0 saturated heterocycles. The molecule has 0 atom stereocenters. The summed E-state index contributed by atoms with van der Waals surface area (Å²) in [5.41, 5.74) is 4.02. The molecule has 0 bridgehead atoms. The summed E-state index contributed by atoms with van der Waals surface area (Å²) in [4.78, 5) is 3.45. The molecular formula is C13H11N. The van der Waals surface area contributed by atoms with E-state index in [1.54, 1.807) is 0 Å². The van der Waals surface area contributed by atoms with Crippen molar-refractivity contribution in [2.75, 3.05) is 0 Å². The predicted octanol–water partition coefficient (Wildman–Crippen LogP) is 2.66. The van der Waals surface area contributed by atoms with Crippen LogP contribution in [0.15, 0.2) is 24.3 Å². The maximum Gasteiger partial charge on any atom is 0.0494 e. The number of nitrogens with one attached hydrogen (secondary N) is 1. The average molecular weight is 181 g/mol. The van der Waals surface area contributed by atoms with Gasteiger partial charge in [0.2, 0.25) is 0 Å². The van der Waals surface area contributed by atoms with Crippen molar-refractivity contribution in [2.24, 2.45) is 0 Å². The van der Waals surface area contributed by atoms with Gasteiger partial charge in [0.25, 0.3) is 0 Å². The van der Waals surface area contributed by atoms with Crippen molar-refractivity contribution < 1.29 is 0 Å². The number of fused-ring (bicyclic) bond motifs is 3. The monoisotopic (exact) mass is 181 g/mol. The standard InChI is InChI=1S/C13H11N/c1-2-6-10-11-7-4-5-9-13(11)14-12(10)8-3-1/h4-5,7,9,14H,2,6,8H2. The quantitative estimate of drug-likeness (QED) is 0.601. The van der Waals surface area contributed by atoms with E-state index in [1.807, 2.05) is 0 Å². The van der Waals surface area contributed by atoms with E-state index in [1.165, 1.54) is 22.2 Å². The number of H-pyrrole nitrogens is 1. The van der Waals surface area contributed by atoms with Crippen molar-refractivity contribution in [3.63, 3.8) is 0 Å². The summed E-state index contributed by atoms with van der Waals surface area (Å²) in [6.45, 7) is 0. The molecule has 0 unspecified atom stereocenters. The van der Waals surface area contributed by atoms with Gasteiger partial charge in [-0.1, -0.05) is 24.1 Å². The Hall–Kier alpha value is -1.68. The number of rotatable bonds is 0. The van der Waals surface area contributed by atoms with Gasteiger partial charge in [0, 0.05) is 29.4 Å². The minimum Gasteiger partial charge on any atom is -0.357 e. The van der Waals surface area contributed by atoms with E-state index in [-0.39, 0.29) is 0 Å². The van der Waals surface area contributed by atoms with Crippen LogP contribution in [0.25, 0.3) is 10.9 Å². The Morgan fingerprint density at radius 3 is 3.07 bits per heavy atom. The topological polar surface area (TPSA) is 15.8 Å². The molecule has 0 fully saturated rings. The molecule has 1 N–H and O–H groups in total. The normalized spacial score (nSPS) is 14.3. The van der Waals surface area contributed by atoms with Gasteiger partial charge in [-0.25, -0.2) is 0 Å². The van der Waals surface area contributed by atoms with Crippen molar-refractivity contribution >= 4 is 10.9 Å². The van der Waals surface area contributed by atoms with E-state index < -0.39 is 0 Å². The van der Waals surface area contributed by atoms with E-state index in [0.717, 1.165) is 19.3 Å². The molecule has 0 saturated carbocycles. The average Bonchev–Trinajstić information content (AvgIpc) is 2.42. The maximum atomic E-state index is 3.45. The van der Waals surface area contributed by atoms with Crippen LogP contribution in [0.2, 0.25) is 0 Å². The lowest BCUT2D eigenvalue weighted by Crippen LogP contribution is -1.87. The number of hydrogen-bond acceptors (Lipinski definition) is 0. The molecule has 1 nitrogen and oxygen atoms in total. The zero-order valence-electron chi connectivity index (χ0n) is 7.93. The van der Waals surface area contributed by atoms with E-state index in [4.69, 9.17) is 0 Å². The Morgan fingerprint density at radius 2 is 2.07 bits per heavy atom. The van der Waals surface area contributed by atoms with Crippen molar-refractivity contribution in [3.8, 4) is 11.8 Å². The summed E-state index contributed by atoms with van der Waals surface area (Å²) in [5, 5.41) is 1.37. The molecule has 3 rings (SSSR count). The molecule has 0 amide bonds. The molecule has 0 aliphatic heterocycles. The third kappa shape index (κ3) is 1.04. The first-order valence-corrected chi connectivity index (χ1v) is 4.99. The maximum absolute atomic E-state index is 3.45. The fraction of sp³-hybridized carbons (Fsp3) is 0.231. The third-order valence-electron chi connectivity index (χ3n) is 2.79. The van der Waals surface area contributed by atoms with Gasteiger partial charge in [0.1, 0.15) is 0 Å². The Bertz CT molecular complexity index is 537. The molecule has 68 valence electrons. The van der Waals surface area contributed by atoms with Crippen LogP contribution in [0.1, 0.15) is 17.7 Å². The lowest BCUT2D eigenvalue weighted by molar-refractivity contribution is 1.02. The van der Waals surface area contributed by atoms with E-state index in [2.05, 4.69) is 41.1 Å². The number of aromatic nitrogens is 1. The molecule has 1 heterocycles. The van der Waals surface area contributed by atoms with Crippen molar-refractivity contribution in [1.29, 1.82) is 0 Å². The Balaban J connectivity index is 2.30. The van der Waals surface area contributed by atoms with Gasteiger partial charge in [0.15, 0.2) is 0 Å². The highest BCUT2D eigenvalue weighted by atomic mass is 14.7. The van der Waals surface area contributed by atoms with Gasteiger partial charge in [-0.15, -0.1) is 5.92 Å². The summed E-state index contributed by atoms with van der Waals surface area (Å²) >= 11 is 0. The van der Waals surface area contributed by atoms with E-state index in [0.29, 0.717) is 0 Å². The fourth-order valence-electron chi connectivity index (χ4n) is 2.12. The smallest absolute Gasteiger partial charge is 0.0494 e. The van der Waals surface area contributed by atoms with Gasteiger partial charge in [-0.3, -0.25) is 0 Å². The van der Waals surface area contributed by atoms with Gasteiger partial charge < -0.3 is 4.98 Å². The van der Waals surface area contributed by atoms with Crippen LogP contribution in [0.5, 0.6) is 0 Å². The Labute approximate surface area is 83.1 Å². The van der Waals surface area contributed by atoms with E-state index in [9.17, 15) is 0 Å². The summed E-state index contributed by atoms with van der Waals surface area (Å²) in [7, 11) is 0. The van der Waals surface area contributed by atoms with Crippen LogP contribution in [-0.2, 0) is 12.8 Å². The lowest BCUT2D eigenvalue weighted by Gasteiger charge is -1.96. The highest BCUT2D eigenvalue weighted by molar-refractivity contribution is 5.84. The number of hydrogen-bond donors (Lipinski definition) is 1. The first kappa shape index (κ1) is 7.70. The number of aromatic amines is 1. The van der Waals surface area contributed by atoms with Gasteiger partial charge in [-0.05, 0) is 18.1 Å². The minimum absolute atomic E-state index is 0.879. The summed E-state index contributed by atoms with van der Waals surface area (Å²) < 4.78 is 0. The first-order chi connectivity index (χ1) is 6.95. The first-order valence-electron chi connectivity index (χ1n) is 4.99. The second-order valence-corrected chi connectivity index (χ2v) is 3.66. The van der Waals surface area contributed by atoms with Crippen LogP contribution in [0.3, 0.4) is 0 Å². The second kappa shape index (κ2) is 2.92. The van der Waals surface area contributed by atoms with Crippen molar-refractivity contribution in [2.45, 2.75) is 19.3 Å². The number of benzene rings is 1. The van der Waals surface area contributed by atoms with Gasteiger partial charge >= 0.3 is 0 Å². The van der Waals surface area contributed by atoms with Gasteiger partial charge in [0.05, 0.1) is 0 Å². The third-order valence-corrected chi connectivity index (χ3v) is 2.79. The molecule has 1 aliphatic rings. The second-order valence-electron chi connectivity index (χ2n) is 3.66. The number of aryl methyl sites for hydroxylation is 1. The van der Waals surface area contributed by atoms with Crippen LogP contribution in [0.4, 0.5) is 0 Å².